The zero-order chi connectivity index (χ0) is 27.8. The average Bonchev–Trinajstić information content (AvgIpc) is 2.57. The molecule has 0 aliphatic carbocycles. The van der Waals surface area contributed by atoms with Gasteiger partial charge in [0, 0.05) is 11.1 Å². The summed E-state index contributed by atoms with van der Waals surface area (Å²) in [5, 5.41) is 28.0. The van der Waals surface area contributed by atoms with E-state index in [1.807, 2.05) is 41.5 Å². The highest BCUT2D eigenvalue weighted by Crippen LogP contribution is 2.25. The minimum absolute atomic E-state index is 0. The van der Waals surface area contributed by atoms with E-state index >= 15 is 0 Å². The number of carbonyl (C=O) groups is 2. The molecule has 0 aliphatic heterocycles. The van der Waals surface area contributed by atoms with Gasteiger partial charge < -0.3 is 26.8 Å². The Morgan fingerprint density at radius 2 is 0.824 bits per heavy atom. The number of carboxylic acid groups (broad SMARTS) is 2. The fourth-order valence-corrected chi connectivity index (χ4v) is 2.61. The second kappa shape index (κ2) is 17.3. The number of rotatable bonds is 14. The Morgan fingerprint density at radius 3 is 1.03 bits per heavy atom. The molecule has 0 saturated carbocycles. The van der Waals surface area contributed by atoms with E-state index in [-0.39, 0.29) is 17.2 Å². The lowest BCUT2D eigenvalue weighted by Crippen LogP contribution is -2.26. The van der Waals surface area contributed by atoms with Crippen LogP contribution < -0.4 is 11.5 Å². The third kappa shape index (κ3) is 33.0. The molecule has 0 aromatic rings. The maximum atomic E-state index is 11.0. The van der Waals surface area contributed by atoms with E-state index in [4.69, 9.17) is 21.7 Å². The van der Waals surface area contributed by atoms with Crippen molar-refractivity contribution in [2.24, 2.45) is 22.3 Å². The summed E-state index contributed by atoms with van der Waals surface area (Å²) < 4.78 is 0. The smallest absolute Gasteiger partial charge is 0.309 e. The molecule has 7 heteroatoms. The van der Waals surface area contributed by atoms with E-state index < -0.39 is 22.8 Å². The van der Waals surface area contributed by atoms with Crippen molar-refractivity contribution < 1.29 is 24.9 Å². The predicted octanol–water partition coefficient (Wildman–Crippen LogP) is 5.96. The van der Waals surface area contributed by atoms with Gasteiger partial charge in [0.1, 0.15) is 0 Å². The Morgan fingerprint density at radius 1 is 0.588 bits per heavy atom. The molecule has 0 spiro atoms. The highest BCUT2D eigenvalue weighted by molar-refractivity contribution is 5.73. The molecule has 7 N–H and O–H groups in total. The molecule has 0 aromatic carbocycles. The van der Waals surface area contributed by atoms with Gasteiger partial charge in [-0.1, -0.05) is 38.5 Å². The van der Waals surface area contributed by atoms with Crippen molar-refractivity contribution in [3.63, 3.8) is 0 Å². The van der Waals surface area contributed by atoms with E-state index in [9.17, 15) is 14.7 Å². The molecule has 206 valence electrons. The SMILES string of the molecule is CC(C)(C)N.CC(C)(C)N.CC(C)(CCCCCC(O)CCCCCC(C)(C)C(=O)O)C(=O)O. The third-order valence-corrected chi connectivity index (χ3v) is 4.84. The number of unbranched alkanes of at least 4 members (excludes halogenated alkanes) is 4. The van der Waals surface area contributed by atoms with Gasteiger partial charge in [-0.05, 0) is 94.9 Å². The molecule has 34 heavy (non-hydrogen) atoms. The fourth-order valence-electron chi connectivity index (χ4n) is 2.61. The largest absolute Gasteiger partial charge is 0.481 e. The minimum Gasteiger partial charge on any atom is -0.481 e. The van der Waals surface area contributed by atoms with Crippen molar-refractivity contribution in [1.29, 1.82) is 0 Å². The number of aliphatic hydroxyl groups excluding tert-OH is 1. The highest BCUT2D eigenvalue weighted by atomic mass is 16.4. The molecular weight excluding hydrogens is 432 g/mol. The number of nitrogens with two attached hydrogens (primary N) is 2. The van der Waals surface area contributed by atoms with Gasteiger partial charge in [-0.15, -0.1) is 0 Å². The summed E-state index contributed by atoms with van der Waals surface area (Å²) in [4.78, 5) is 22.0. The summed E-state index contributed by atoms with van der Waals surface area (Å²) in [6.45, 7) is 18.8. The van der Waals surface area contributed by atoms with E-state index in [2.05, 4.69) is 0 Å². The van der Waals surface area contributed by atoms with E-state index in [0.29, 0.717) is 12.8 Å². The highest BCUT2D eigenvalue weighted by Gasteiger charge is 2.26. The first kappa shape index (κ1) is 37.4. The molecule has 0 aliphatic rings. The lowest BCUT2D eigenvalue weighted by atomic mass is 9.86. The molecule has 0 fully saturated rings. The Balaban J connectivity index is -0.000000799. The zero-order valence-corrected chi connectivity index (χ0v) is 24.0. The normalized spacial score (nSPS) is 12.4. The first-order valence-electron chi connectivity index (χ1n) is 12.7. The second-order valence-electron chi connectivity index (χ2n) is 13.0. The maximum Gasteiger partial charge on any atom is 0.309 e. The Kier molecular flexibility index (Phi) is 19.0. The summed E-state index contributed by atoms with van der Waals surface area (Å²) in [6, 6.07) is 0. The van der Waals surface area contributed by atoms with Crippen LogP contribution in [0.25, 0.3) is 0 Å². The second-order valence-corrected chi connectivity index (χ2v) is 13.0. The van der Waals surface area contributed by atoms with Crippen molar-refractivity contribution in [3.8, 4) is 0 Å². The number of aliphatic carboxylic acids is 2. The third-order valence-electron chi connectivity index (χ3n) is 4.84. The Labute approximate surface area is 210 Å². The number of aliphatic hydroxyl groups is 1. The summed E-state index contributed by atoms with van der Waals surface area (Å²) >= 11 is 0. The number of hydrogen-bond donors (Lipinski definition) is 5. The van der Waals surface area contributed by atoms with Gasteiger partial charge in [-0.3, -0.25) is 9.59 Å². The summed E-state index contributed by atoms with van der Waals surface area (Å²) in [7, 11) is 0. The van der Waals surface area contributed by atoms with Gasteiger partial charge in [0.15, 0.2) is 0 Å². The van der Waals surface area contributed by atoms with Crippen LogP contribution in [0.15, 0.2) is 0 Å². The standard InChI is InChI=1S/C19H36O5.2C4H11N/c1-18(2,16(21)22)13-9-5-7-11-15(20)12-8-6-10-14-19(3,4)17(23)24;2*1-4(2,3)5/h15,20H,5-14H2,1-4H3,(H,21,22)(H,23,24);2*5H2,1-3H3. The first-order chi connectivity index (χ1) is 15.0. The molecule has 7 nitrogen and oxygen atoms in total. The predicted molar refractivity (Wildman–Crippen MR) is 143 cm³/mol. The number of carboxylic acids is 2. The van der Waals surface area contributed by atoms with Crippen molar-refractivity contribution in [1.82, 2.24) is 0 Å². The first-order valence-corrected chi connectivity index (χ1v) is 12.7. The van der Waals surface area contributed by atoms with Crippen molar-refractivity contribution in [2.75, 3.05) is 0 Å². The van der Waals surface area contributed by atoms with Crippen LogP contribution >= 0.6 is 0 Å². The quantitative estimate of drug-likeness (QED) is 0.189. The fraction of sp³-hybridized carbons (Fsp3) is 0.926. The average molecular weight is 491 g/mol. The van der Waals surface area contributed by atoms with Crippen LogP contribution in [0.4, 0.5) is 0 Å². The van der Waals surface area contributed by atoms with E-state index in [1.165, 1.54) is 0 Å². The van der Waals surface area contributed by atoms with Gasteiger partial charge >= 0.3 is 11.9 Å². The van der Waals surface area contributed by atoms with Crippen LogP contribution in [-0.2, 0) is 9.59 Å². The summed E-state index contributed by atoms with van der Waals surface area (Å²) in [5.74, 6) is -1.51. The van der Waals surface area contributed by atoms with Crippen LogP contribution in [0.2, 0.25) is 0 Å². The molecule has 0 rings (SSSR count). The van der Waals surface area contributed by atoms with Crippen LogP contribution in [-0.4, -0.2) is 44.4 Å². The van der Waals surface area contributed by atoms with E-state index in [1.54, 1.807) is 27.7 Å². The van der Waals surface area contributed by atoms with Gasteiger partial charge in [0.05, 0.1) is 16.9 Å². The molecular formula is C27H58N2O5. The van der Waals surface area contributed by atoms with Crippen LogP contribution in [0.3, 0.4) is 0 Å². The van der Waals surface area contributed by atoms with Gasteiger partial charge in [0.25, 0.3) is 0 Å². The summed E-state index contributed by atoms with van der Waals surface area (Å²) in [5.41, 5.74) is 9.38. The topological polar surface area (TPSA) is 147 Å². The van der Waals surface area contributed by atoms with Crippen LogP contribution in [0.1, 0.15) is 133 Å². The number of hydrogen-bond acceptors (Lipinski definition) is 5. The van der Waals surface area contributed by atoms with Gasteiger partial charge in [-0.2, -0.15) is 0 Å². The van der Waals surface area contributed by atoms with Crippen LogP contribution in [0.5, 0.6) is 0 Å². The van der Waals surface area contributed by atoms with Gasteiger partial charge in [0.2, 0.25) is 0 Å². The lowest BCUT2D eigenvalue weighted by Gasteiger charge is -2.19. The van der Waals surface area contributed by atoms with Crippen molar-refractivity contribution in [3.05, 3.63) is 0 Å². The molecule has 0 amide bonds. The molecule has 0 bridgehead atoms. The Hall–Kier alpha value is -1.18. The van der Waals surface area contributed by atoms with Crippen molar-refractivity contribution in [2.45, 2.75) is 151 Å². The Bertz CT molecular complexity index is 486. The van der Waals surface area contributed by atoms with E-state index in [0.717, 1.165) is 51.4 Å². The van der Waals surface area contributed by atoms with Crippen molar-refractivity contribution >= 4 is 11.9 Å². The molecule has 0 heterocycles. The minimum atomic E-state index is -0.756. The van der Waals surface area contributed by atoms with Gasteiger partial charge in [-0.25, -0.2) is 0 Å². The molecule has 0 radical (unpaired) electrons. The molecule has 0 aromatic heterocycles. The molecule has 0 saturated heterocycles. The molecule has 0 atom stereocenters. The zero-order valence-electron chi connectivity index (χ0n) is 24.0. The lowest BCUT2D eigenvalue weighted by molar-refractivity contribution is -0.148. The monoisotopic (exact) mass is 490 g/mol. The maximum absolute atomic E-state index is 11.0. The molecule has 0 unspecified atom stereocenters. The summed E-state index contributed by atoms with van der Waals surface area (Å²) in [6.07, 6.45) is 8.02. The van der Waals surface area contributed by atoms with Crippen LogP contribution in [0, 0.1) is 10.8 Å².